The molecule has 0 aromatic heterocycles. The van der Waals surface area contributed by atoms with Crippen LogP contribution in [0.3, 0.4) is 0 Å². The Morgan fingerprint density at radius 2 is 1.67 bits per heavy atom. The molecule has 2 N–H and O–H groups in total. The van der Waals surface area contributed by atoms with Gasteiger partial charge in [0.2, 0.25) is 0 Å². The maximum Gasteiger partial charge on any atom is 0.339 e. The van der Waals surface area contributed by atoms with Crippen LogP contribution >= 0.6 is 0 Å². The minimum absolute atomic E-state index is 0.0341. The van der Waals surface area contributed by atoms with Crippen LogP contribution in [0.2, 0.25) is 0 Å². The van der Waals surface area contributed by atoms with Gasteiger partial charge in [-0.2, -0.15) is 0 Å². The third kappa shape index (κ3) is 2.07. The van der Waals surface area contributed by atoms with E-state index in [0.29, 0.717) is 5.56 Å². The fraction of sp³-hybridized carbons (Fsp3) is 0.200. The summed E-state index contributed by atoms with van der Waals surface area (Å²) in [4.78, 5) is 21.6. The van der Waals surface area contributed by atoms with Crippen molar-refractivity contribution in [1.82, 2.24) is 0 Å². The monoisotopic (exact) mass is 210 g/mol. The van der Waals surface area contributed by atoms with E-state index in [1.807, 2.05) is 0 Å². The molecule has 0 spiro atoms. The van der Waals surface area contributed by atoms with Crippen molar-refractivity contribution in [2.45, 2.75) is 6.92 Å². The average Bonchev–Trinajstić information content (AvgIpc) is 2.16. The van der Waals surface area contributed by atoms with E-state index < -0.39 is 11.9 Å². The highest BCUT2D eigenvalue weighted by atomic mass is 16.5. The Bertz CT molecular complexity index is 422. The minimum Gasteiger partial charge on any atom is -0.496 e. The average molecular weight is 210 g/mol. The number of hydrogen-bond acceptors (Lipinski definition) is 3. The SMILES string of the molecule is COc1cc(C)c(C(=O)O)cc1C(=O)O. The standard InChI is InChI=1S/C10H10O5/c1-5-3-8(15-2)7(10(13)14)4-6(5)9(11)12/h3-4H,1-2H3,(H,11,12)(H,13,14). The number of methoxy groups -OCH3 is 1. The number of aryl methyl sites for hydroxylation is 1. The number of aromatic carboxylic acids is 2. The first kappa shape index (κ1) is 11.0. The second-order valence-corrected chi connectivity index (χ2v) is 2.98. The van der Waals surface area contributed by atoms with E-state index in [0.717, 1.165) is 6.07 Å². The van der Waals surface area contributed by atoms with Crippen LogP contribution in [0.25, 0.3) is 0 Å². The van der Waals surface area contributed by atoms with Crippen molar-refractivity contribution < 1.29 is 24.5 Å². The first-order chi connectivity index (χ1) is 6.97. The van der Waals surface area contributed by atoms with E-state index in [4.69, 9.17) is 14.9 Å². The lowest BCUT2D eigenvalue weighted by Crippen LogP contribution is -2.06. The quantitative estimate of drug-likeness (QED) is 0.787. The van der Waals surface area contributed by atoms with Gasteiger partial charge in [-0.25, -0.2) is 9.59 Å². The molecule has 0 radical (unpaired) electrons. The third-order valence-corrected chi connectivity index (χ3v) is 2.01. The van der Waals surface area contributed by atoms with Gasteiger partial charge in [0, 0.05) is 0 Å². The zero-order valence-corrected chi connectivity index (χ0v) is 8.27. The number of benzene rings is 1. The highest BCUT2D eigenvalue weighted by Gasteiger charge is 2.16. The molecule has 5 nitrogen and oxygen atoms in total. The summed E-state index contributed by atoms with van der Waals surface area (Å²) in [6.07, 6.45) is 0. The van der Waals surface area contributed by atoms with Gasteiger partial charge in [-0.15, -0.1) is 0 Å². The van der Waals surface area contributed by atoms with Crippen molar-refractivity contribution in [3.05, 3.63) is 28.8 Å². The minimum atomic E-state index is -1.21. The van der Waals surface area contributed by atoms with Crippen LogP contribution in [0.5, 0.6) is 5.75 Å². The van der Waals surface area contributed by atoms with Crippen LogP contribution in [0.1, 0.15) is 26.3 Å². The van der Waals surface area contributed by atoms with Crippen molar-refractivity contribution in [3.8, 4) is 5.75 Å². The van der Waals surface area contributed by atoms with E-state index in [1.165, 1.54) is 13.2 Å². The topological polar surface area (TPSA) is 83.8 Å². The molecule has 0 amide bonds. The molecule has 0 unspecified atom stereocenters. The number of carbonyl (C=O) groups is 2. The molecule has 15 heavy (non-hydrogen) atoms. The molecule has 0 aliphatic rings. The molecule has 0 saturated carbocycles. The largest absolute Gasteiger partial charge is 0.496 e. The molecule has 0 aliphatic heterocycles. The molecule has 0 heterocycles. The first-order valence-electron chi connectivity index (χ1n) is 4.12. The fourth-order valence-corrected chi connectivity index (χ4v) is 1.25. The summed E-state index contributed by atoms with van der Waals surface area (Å²) in [6.45, 7) is 1.58. The van der Waals surface area contributed by atoms with Crippen molar-refractivity contribution >= 4 is 11.9 Å². The van der Waals surface area contributed by atoms with Crippen LogP contribution in [-0.2, 0) is 0 Å². The molecule has 0 atom stereocenters. The van der Waals surface area contributed by atoms with E-state index in [9.17, 15) is 9.59 Å². The summed E-state index contributed by atoms with van der Waals surface area (Å²) < 4.78 is 4.85. The van der Waals surface area contributed by atoms with Gasteiger partial charge in [-0.3, -0.25) is 0 Å². The highest BCUT2D eigenvalue weighted by molar-refractivity contribution is 5.96. The van der Waals surface area contributed by atoms with Gasteiger partial charge >= 0.3 is 11.9 Å². The summed E-state index contributed by atoms with van der Waals surface area (Å²) in [5, 5.41) is 17.6. The summed E-state index contributed by atoms with van der Waals surface area (Å²) in [5.41, 5.74) is 0.276. The number of carboxylic acid groups (broad SMARTS) is 2. The van der Waals surface area contributed by atoms with Crippen molar-refractivity contribution in [2.24, 2.45) is 0 Å². The molecule has 1 rings (SSSR count). The van der Waals surface area contributed by atoms with Crippen LogP contribution in [-0.4, -0.2) is 29.3 Å². The Hall–Kier alpha value is -2.04. The lowest BCUT2D eigenvalue weighted by atomic mass is 10.0. The molecular weight excluding hydrogens is 200 g/mol. The number of hydrogen-bond donors (Lipinski definition) is 2. The third-order valence-electron chi connectivity index (χ3n) is 2.01. The maximum atomic E-state index is 10.8. The number of ether oxygens (including phenoxy) is 1. The lowest BCUT2D eigenvalue weighted by molar-refractivity contribution is 0.0693. The predicted octanol–water partition coefficient (Wildman–Crippen LogP) is 1.40. The van der Waals surface area contributed by atoms with Crippen LogP contribution < -0.4 is 4.74 Å². The van der Waals surface area contributed by atoms with E-state index >= 15 is 0 Å². The van der Waals surface area contributed by atoms with Crippen molar-refractivity contribution in [3.63, 3.8) is 0 Å². The summed E-state index contributed by atoms with van der Waals surface area (Å²) in [6, 6.07) is 2.49. The Morgan fingerprint density at radius 3 is 2.07 bits per heavy atom. The lowest BCUT2D eigenvalue weighted by Gasteiger charge is -2.08. The molecule has 80 valence electrons. The van der Waals surface area contributed by atoms with Crippen LogP contribution in [0.15, 0.2) is 12.1 Å². The summed E-state index contributed by atoms with van der Waals surface area (Å²) in [5.74, 6) is -2.21. The van der Waals surface area contributed by atoms with Gasteiger partial charge in [-0.05, 0) is 24.6 Å². The molecule has 0 bridgehead atoms. The van der Waals surface area contributed by atoms with E-state index in [2.05, 4.69) is 0 Å². The van der Waals surface area contributed by atoms with Gasteiger partial charge in [0.15, 0.2) is 0 Å². The number of carboxylic acids is 2. The molecule has 0 fully saturated rings. The van der Waals surface area contributed by atoms with Crippen molar-refractivity contribution in [1.29, 1.82) is 0 Å². The van der Waals surface area contributed by atoms with Gasteiger partial charge in [0.25, 0.3) is 0 Å². The fourth-order valence-electron chi connectivity index (χ4n) is 1.25. The molecular formula is C10H10O5. The zero-order valence-electron chi connectivity index (χ0n) is 8.27. The highest BCUT2D eigenvalue weighted by Crippen LogP contribution is 2.23. The van der Waals surface area contributed by atoms with Crippen LogP contribution in [0.4, 0.5) is 0 Å². The Balaban J connectivity index is 3.43. The molecule has 5 heteroatoms. The second kappa shape index (κ2) is 4.00. The Kier molecular flexibility index (Phi) is 2.94. The second-order valence-electron chi connectivity index (χ2n) is 2.98. The first-order valence-corrected chi connectivity index (χ1v) is 4.12. The predicted molar refractivity (Wildman–Crippen MR) is 51.6 cm³/mol. The Morgan fingerprint density at radius 1 is 1.13 bits per heavy atom. The molecule has 0 saturated heterocycles. The van der Waals surface area contributed by atoms with Crippen LogP contribution in [0, 0.1) is 6.92 Å². The Labute approximate surface area is 85.9 Å². The van der Waals surface area contributed by atoms with Crippen molar-refractivity contribution in [2.75, 3.05) is 7.11 Å². The van der Waals surface area contributed by atoms with Gasteiger partial charge in [0.1, 0.15) is 11.3 Å². The smallest absolute Gasteiger partial charge is 0.339 e. The van der Waals surface area contributed by atoms with Gasteiger partial charge < -0.3 is 14.9 Å². The van der Waals surface area contributed by atoms with Gasteiger partial charge in [-0.1, -0.05) is 0 Å². The summed E-state index contributed by atoms with van der Waals surface area (Å²) >= 11 is 0. The number of rotatable bonds is 3. The zero-order chi connectivity index (χ0) is 11.6. The maximum absolute atomic E-state index is 10.8. The molecule has 0 aliphatic carbocycles. The molecule has 1 aromatic carbocycles. The van der Waals surface area contributed by atoms with E-state index in [-0.39, 0.29) is 16.9 Å². The van der Waals surface area contributed by atoms with E-state index in [1.54, 1.807) is 6.92 Å². The van der Waals surface area contributed by atoms with Gasteiger partial charge in [0.05, 0.1) is 12.7 Å². The normalized spacial score (nSPS) is 9.73. The summed E-state index contributed by atoms with van der Waals surface area (Å²) in [7, 11) is 1.33. The molecule has 1 aromatic rings.